The van der Waals surface area contributed by atoms with Crippen molar-refractivity contribution in [1.29, 1.82) is 0 Å². The Labute approximate surface area is 91.0 Å². The van der Waals surface area contributed by atoms with Crippen LogP contribution >= 0.6 is 0 Å². The van der Waals surface area contributed by atoms with Crippen molar-refractivity contribution in [1.82, 2.24) is 9.97 Å². The first-order chi connectivity index (χ1) is 7.02. The molecule has 0 unspecified atom stereocenters. The first-order valence-corrected chi connectivity index (χ1v) is 5.05. The number of aromatic amines is 1. The Kier molecular flexibility index (Phi) is 2.18. The number of hydrogen-bond acceptors (Lipinski definition) is 2. The molecule has 0 radical (unpaired) electrons. The summed E-state index contributed by atoms with van der Waals surface area (Å²) in [6.07, 6.45) is 0. The Balaban J connectivity index is 0.00000128. The Bertz CT molecular complexity index is 485. The molecule has 1 aromatic carbocycles. The quantitative estimate of drug-likeness (QED) is 0.778. The van der Waals surface area contributed by atoms with Crippen molar-refractivity contribution in [3.05, 3.63) is 24.0 Å². The Morgan fingerprint density at radius 1 is 1.33 bits per heavy atom. The lowest BCUT2D eigenvalue weighted by Gasteiger charge is -2.13. The number of hydrogen-bond donors (Lipinski definition) is 1. The minimum atomic E-state index is 0. The Morgan fingerprint density at radius 3 is 2.67 bits per heavy atom. The van der Waals surface area contributed by atoms with Gasteiger partial charge >= 0.3 is 0 Å². The predicted octanol–water partition coefficient (Wildman–Crippen LogP) is 3.12. The monoisotopic (exact) mass is 206 g/mol. The third-order valence-electron chi connectivity index (χ3n) is 2.41. The topological polar surface area (TPSA) is 37.9 Å². The zero-order valence-electron chi connectivity index (χ0n) is 9.59. The van der Waals surface area contributed by atoms with Gasteiger partial charge in [-0.3, -0.25) is 0 Å². The molecule has 0 bridgehead atoms. The van der Waals surface area contributed by atoms with Gasteiger partial charge in [0.05, 0.1) is 12.6 Å². The average Bonchev–Trinajstić information content (AvgIpc) is 2.59. The summed E-state index contributed by atoms with van der Waals surface area (Å²) in [5.74, 6) is 1.81. The summed E-state index contributed by atoms with van der Waals surface area (Å²) < 4.78 is 5.27. The molecule has 1 heterocycles. The number of nitrogens with one attached hydrogen (secondary N) is 1. The second kappa shape index (κ2) is 3.26. The lowest BCUT2D eigenvalue weighted by Crippen LogP contribution is -2.12. The van der Waals surface area contributed by atoms with Gasteiger partial charge in [-0.15, -0.1) is 0 Å². The van der Waals surface area contributed by atoms with Gasteiger partial charge in [0.15, 0.2) is 0 Å². The van der Waals surface area contributed by atoms with Crippen molar-refractivity contribution in [3.8, 4) is 5.75 Å². The van der Waals surface area contributed by atoms with E-state index in [1.54, 1.807) is 7.11 Å². The number of para-hydroxylation sites is 1. The number of methoxy groups -OCH3 is 1. The van der Waals surface area contributed by atoms with Gasteiger partial charge in [0.2, 0.25) is 0 Å². The van der Waals surface area contributed by atoms with Crippen LogP contribution in [0, 0.1) is 0 Å². The SMILES string of the molecule is COc1cccc2[nH]c(C(C)(C)C)nc12.[HH]. The van der Waals surface area contributed by atoms with Gasteiger partial charge in [0, 0.05) is 6.84 Å². The average molecular weight is 206 g/mol. The van der Waals surface area contributed by atoms with Gasteiger partial charge in [-0.1, -0.05) is 26.8 Å². The molecule has 0 fully saturated rings. The van der Waals surface area contributed by atoms with Crippen LogP contribution in [-0.4, -0.2) is 17.1 Å². The van der Waals surface area contributed by atoms with Crippen LogP contribution in [0.5, 0.6) is 5.75 Å². The molecule has 1 aromatic heterocycles. The van der Waals surface area contributed by atoms with Gasteiger partial charge < -0.3 is 9.72 Å². The maximum absolute atomic E-state index is 5.27. The van der Waals surface area contributed by atoms with Crippen molar-refractivity contribution in [3.63, 3.8) is 0 Å². The van der Waals surface area contributed by atoms with Crippen molar-refractivity contribution in [2.75, 3.05) is 7.11 Å². The van der Waals surface area contributed by atoms with Crippen molar-refractivity contribution in [2.24, 2.45) is 0 Å². The van der Waals surface area contributed by atoms with E-state index in [4.69, 9.17) is 4.74 Å². The molecule has 0 spiro atoms. The number of rotatable bonds is 1. The van der Waals surface area contributed by atoms with Crippen molar-refractivity contribution >= 4 is 11.0 Å². The highest BCUT2D eigenvalue weighted by molar-refractivity contribution is 5.81. The first-order valence-electron chi connectivity index (χ1n) is 5.05. The van der Waals surface area contributed by atoms with Crippen LogP contribution in [0.1, 0.15) is 28.0 Å². The summed E-state index contributed by atoms with van der Waals surface area (Å²) in [4.78, 5) is 7.89. The number of aromatic nitrogens is 2. The second-order valence-electron chi connectivity index (χ2n) is 4.69. The van der Waals surface area contributed by atoms with Crippen LogP contribution in [0.2, 0.25) is 0 Å². The number of ether oxygens (including phenoxy) is 1. The third kappa shape index (κ3) is 1.69. The minimum absolute atomic E-state index is 0. The van der Waals surface area contributed by atoms with E-state index in [1.165, 1.54) is 0 Å². The number of imidazole rings is 1. The van der Waals surface area contributed by atoms with E-state index in [-0.39, 0.29) is 6.84 Å². The molecular formula is C12H18N2O. The number of benzene rings is 1. The number of fused-ring (bicyclic) bond motifs is 1. The van der Waals surface area contributed by atoms with Crippen LogP contribution in [0.25, 0.3) is 11.0 Å². The Hall–Kier alpha value is -1.51. The molecule has 3 heteroatoms. The summed E-state index contributed by atoms with van der Waals surface area (Å²) in [7, 11) is 1.67. The summed E-state index contributed by atoms with van der Waals surface area (Å²) in [6, 6.07) is 5.90. The summed E-state index contributed by atoms with van der Waals surface area (Å²) in [6.45, 7) is 6.41. The van der Waals surface area contributed by atoms with Crippen LogP contribution in [-0.2, 0) is 5.41 Å². The highest BCUT2D eigenvalue weighted by Gasteiger charge is 2.19. The summed E-state index contributed by atoms with van der Waals surface area (Å²) in [5, 5.41) is 0. The van der Waals surface area contributed by atoms with Crippen LogP contribution in [0.3, 0.4) is 0 Å². The zero-order valence-corrected chi connectivity index (χ0v) is 9.59. The first kappa shape index (κ1) is 10.0. The molecule has 0 saturated heterocycles. The Morgan fingerprint density at radius 2 is 2.07 bits per heavy atom. The van der Waals surface area contributed by atoms with Crippen molar-refractivity contribution < 1.29 is 6.16 Å². The van der Waals surface area contributed by atoms with Gasteiger partial charge in [-0.25, -0.2) is 4.98 Å². The fourth-order valence-electron chi connectivity index (χ4n) is 1.53. The smallest absolute Gasteiger partial charge is 0.146 e. The summed E-state index contributed by atoms with van der Waals surface area (Å²) in [5.41, 5.74) is 1.97. The molecule has 82 valence electrons. The standard InChI is InChI=1S/C12H16N2O.H2/c1-12(2,3)11-13-8-6-5-7-9(15-4)10(8)14-11;/h5-7H,1-4H3,(H,13,14);1H. The fraction of sp³-hybridized carbons (Fsp3) is 0.417. The molecule has 0 aliphatic heterocycles. The maximum atomic E-state index is 5.27. The van der Waals surface area contributed by atoms with E-state index in [0.29, 0.717) is 0 Å². The second-order valence-corrected chi connectivity index (χ2v) is 4.69. The number of nitrogens with zero attached hydrogens (tertiary/aromatic N) is 1. The third-order valence-corrected chi connectivity index (χ3v) is 2.41. The molecular weight excluding hydrogens is 188 g/mol. The van der Waals surface area contributed by atoms with E-state index >= 15 is 0 Å². The van der Waals surface area contributed by atoms with Crippen LogP contribution in [0.4, 0.5) is 0 Å². The molecule has 0 amide bonds. The van der Waals surface area contributed by atoms with E-state index in [1.807, 2.05) is 18.2 Å². The lowest BCUT2D eigenvalue weighted by molar-refractivity contribution is 0.419. The zero-order chi connectivity index (χ0) is 11.1. The van der Waals surface area contributed by atoms with Gasteiger partial charge in [0.25, 0.3) is 0 Å². The maximum Gasteiger partial charge on any atom is 0.146 e. The molecule has 0 saturated carbocycles. The number of H-pyrrole nitrogens is 1. The summed E-state index contributed by atoms with van der Waals surface area (Å²) >= 11 is 0. The largest absolute Gasteiger partial charge is 0.494 e. The van der Waals surface area contributed by atoms with Gasteiger partial charge in [0.1, 0.15) is 17.1 Å². The highest BCUT2D eigenvalue weighted by Crippen LogP contribution is 2.27. The van der Waals surface area contributed by atoms with E-state index in [0.717, 1.165) is 22.6 Å². The predicted molar refractivity (Wildman–Crippen MR) is 63.5 cm³/mol. The van der Waals surface area contributed by atoms with Gasteiger partial charge in [-0.05, 0) is 12.1 Å². The van der Waals surface area contributed by atoms with Crippen LogP contribution < -0.4 is 4.74 Å². The molecule has 0 atom stereocenters. The van der Waals surface area contributed by atoms with Crippen LogP contribution in [0.15, 0.2) is 18.2 Å². The molecule has 0 aliphatic rings. The van der Waals surface area contributed by atoms with Gasteiger partial charge in [-0.2, -0.15) is 0 Å². The van der Waals surface area contributed by atoms with E-state index in [9.17, 15) is 0 Å². The fourth-order valence-corrected chi connectivity index (χ4v) is 1.53. The lowest BCUT2D eigenvalue weighted by atomic mass is 9.96. The minimum Gasteiger partial charge on any atom is -0.494 e. The molecule has 3 nitrogen and oxygen atoms in total. The van der Waals surface area contributed by atoms with E-state index < -0.39 is 0 Å². The highest BCUT2D eigenvalue weighted by atomic mass is 16.5. The van der Waals surface area contributed by atoms with Crippen molar-refractivity contribution in [2.45, 2.75) is 26.2 Å². The normalized spacial score (nSPS) is 12.0. The molecule has 2 rings (SSSR count). The molecule has 15 heavy (non-hydrogen) atoms. The molecule has 2 aromatic rings. The molecule has 1 N–H and O–H groups in total. The molecule has 0 aliphatic carbocycles. The van der Waals surface area contributed by atoms with E-state index in [2.05, 4.69) is 30.7 Å².